The van der Waals surface area contributed by atoms with Crippen LogP contribution in [0.2, 0.25) is 0 Å². The zero-order chi connectivity index (χ0) is 8.48. The average Bonchev–Trinajstić information content (AvgIpc) is 2.34. The van der Waals surface area contributed by atoms with Gasteiger partial charge in [0.1, 0.15) is 0 Å². The summed E-state index contributed by atoms with van der Waals surface area (Å²) in [5.74, 6) is -0.877. The summed E-state index contributed by atoms with van der Waals surface area (Å²) >= 11 is 0. The summed E-state index contributed by atoms with van der Waals surface area (Å²) in [4.78, 5) is 17.4. The fourth-order valence-electron chi connectivity index (χ4n) is 0.656. The molecule has 2 N–H and O–H groups in total. The first-order valence-corrected chi connectivity index (χ1v) is 4.74. The maximum absolute atomic E-state index is 10.7. The fourth-order valence-corrected chi connectivity index (χ4v) is 1.10. The number of rotatable bonds is 2. The molecule has 0 aliphatic heterocycles. The van der Waals surface area contributed by atoms with E-state index in [1.54, 1.807) is 6.07 Å². The van der Waals surface area contributed by atoms with Crippen LogP contribution >= 0.6 is 7.60 Å². The summed E-state index contributed by atoms with van der Waals surface area (Å²) in [5, 5.41) is 3.71. The Morgan fingerprint density at radius 1 is 1.64 bits per heavy atom. The Kier molecular flexibility index (Phi) is 2.13. The molecule has 0 fully saturated rings. The van der Waals surface area contributed by atoms with Crippen molar-refractivity contribution < 1.29 is 14.4 Å². The lowest BCUT2D eigenvalue weighted by atomic mass is 10.7. The monoisotopic (exact) mass is 176 g/mol. The van der Waals surface area contributed by atoms with Gasteiger partial charge in [-0.3, -0.25) is 9.25 Å². The predicted octanol–water partition coefficient (Wildman–Crippen LogP) is 0.579. The van der Waals surface area contributed by atoms with Gasteiger partial charge in [0, 0.05) is 12.4 Å². The molecule has 1 unspecified atom stereocenters. The maximum Gasteiger partial charge on any atom is 0.349 e. The van der Waals surface area contributed by atoms with E-state index in [2.05, 4.69) is 5.10 Å². The molecule has 0 saturated carbocycles. The molecule has 1 aromatic rings. The van der Waals surface area contributed by atoms with Crippen molar-refractivity contribution in [1.82, 2.24) is 9.78 Å². The number of aromatic nitrogens is 2. The Labute approximate surface area is 63.8 Å². The highest BCUT2D eigenvalue weighted by molar-refractivity contribution is 7.51. The van der Waals surface area contributed by atoms with Crippen LogP contribution in [0, 0.1) is 0 Å². The Bertz CT molecular complexity index is 265. The van der Waals surface area contributed by atoms with Crippen molar-refractivity contribution in [3.8, 4) is 0 Å². The molecule has 1 heterocycles. The lowest BCUT2D eigenvalue weighted by Gasteiger charge is -2.12. The zero-order valence-electron chi connectivity index (χ0n) is 5.95. The van der Waals surface area contributed by atoms with Gasteiger partial charge < -0.3 is 9.79 Å². The lowest BCUT2D eigenvalue weighted by molar-refractivity contribution is 0.340. The van der Waals surface area contributed by atoms with Gasteiger partial charge in [0.05, 0.1) is 0 Å². The van der Waals surface area contributed by atoms with Gasteiger partial charge in [-0.05, 0) is 13.0 Å². The van der Waals surface area contributed by atoms with Crippen LogP contribution in [0.3, 0.4) is 0 Å². The number of nitrogens with zero attached hydrogens (tertiary/aromatic N) is 2. The van der Waals surface area contributed by atoms with Gasteiger partial charge in [0.15, 0.2) is 5.78 Å². The average molecular weight is 176 g/mol. The Morgan fingerprint density at radius 2 is 2.27 bits per heavy atom. The second-order valence-corrected chi connectivity index (χ2v) is 4.13. The van der Waals surface area contributed by atoms with E-state index in [1.165, 1.54) is 24.0 Å². The standard InChI is InChI=1S/C5H9N2O3P/c1-5(11(8,9)10)7-4-2-3-6-7/h2-5H,1H3,(H2,8,9,10). The van der Waals surface area contributed by atoms with E-state index in [0.29, 0.717) is 0 Å². The van der Waals surface area contributed by atoms with Crippen molar-refractivity contribution in [2.24, 2.45) is 0 Å². The van der Waals surface area contributed by atoms with Crippen LogP contribution in [-0.4, -0.2) is 19.6 Å². The van der Waals surface area contributed by atoms with Crippen molar-refractivity contribution in [3.05, 3.63) is 18.5 Å². The Morgan fingerprint density at radius 3 is 2.64 bits per heavy atom. The summed E-state index contributed by atoms with van der Waals surface area (Å²) in [6.07, 6.45) is 3.00. The minimum absolute atomic E-state index is 0.877. The normalized spacial score (nSPS) is 14.8. The fraction of sp³-hybridized carbons (Fsp3) is 0.400. The van der Waals surface area contributed by atoms with Gasteiger partial charge in [0.25, 0.3) is 0 Å². The molecular weight excluding hydrogens is 167 g/mol. The van der Waals surface area contributed by atoms with Crippen molar-refractivity contribution in [2.45, 2.75) is 12.7 Å². The first-order chi connectivity index (χ1) is 5.02. The van der Waals surface area contributed by atoms with E-state index in [1.807, 2.05) is 0 Å². The maximum atomic E-state index is 10.7. The van der Waals surface area contributed by atoms with Crippen molar-refractivity contribution in [3.63, 3.8) is 0 Å². The molecule has 0 spiro atoms. The third-order valence-corrected chi connectivity index (χ3v) is 2.60. The van der Waals surface area contributed by atoms with Gasteiger partial charge in [-0.2, -0.15) is 5.10 Å². The highest BCUT2D eigenvalue weighted by Crippen LogP contribution is 2.47. The molecule has 1 atom stereocenters. The summed E-state index contributed by atoms with van der Waals surface area (Å²) in [6, 6.07) is 1.62. The summed E-state index contributed by atoms with van der Waals surface area (Å²) in [5.41, 5.74) is 0. The molecular formula is C5H9N2O3P. The molecule has 0 aliphatic carbocycles. The molecule has 5 nitrogen and oxygen atoms in total. The van der Waals surface area contributed by atoms with Crippen LogP contribution in [0.25, 0.3) is 0 Å². The Hall–Kier alpha value is -0.640. The second-order valence-electron chi connectivity index (χ2n) is 2.21. The Balaban J connectivity index is 2.87. The highest BCUT2D eigenvalue weighted by Gasteiger charge is 2.25. The van der Waals surface area contributed by atoms with Gasteiger partial charge in [-0.1, -0.05) is 0 Å². The minimum Gasteiger partial charge on any atom is -0.323 e. The highest BCUT2D eigenvalue weighted by atomic mass is 31.2. The van der Waals surface area contributed by atoms with Crippen molar-refractivity contribution in [2.75, 3.05) is 0 Å². The summed E-state index contributed by atoms with van der Waals surface area (Å²) in [6.45, 7) is 1.42. The molecule has 0 saturated heterocycles. The van der Waals surface area contributed by atoms with E-state index < -0.39 is 13.4 Å². The molecule has 0 amide bonds. The van der Waals surface area contributed by atoms with Crippen LogP contribution in [0.4, 0.5) is 0 Å². The quantitative estimate of drug-likeness (QED) is 0.646. The van der Waals surface area contributed by atoms with E-state index in [9.17, 15) is 4.57 Å². The van der Waals surface area contributed by atoms with E-state index in [0.717, 1.165) is 0 Å². The van der Waals surface area contributed by atoms with Crippen LogP contribution in [-0.2, 0) is 4.57 Å². The smallest absolute Gasteiger partial charge is 0.323 e. The van der Waals surface area contributed by atoms with Crippen LogP contribution in [0.5, 0.6) is 0 Å². The lowest BCUT2D eigenvalue weighted by Crippen LogP contribution is -2.05. The van der Waals surface area contributed by atoms with Crippen molar-refractivity contribution >= 4 is 7.60 Å². The predicted molar refractivity (Wildman–Crippen MR) is 39.0 cm³/mol. The molecule has 1 rings (SSSR count). The third kappa shape index (κ3) is 1.89. The molecule has 11 heavy (non-hydrogen) atoms. The molecule has 0 aromatic carbocycles. The van der Waals surface area contributed by atoms with E-state index in [4.69, 9.17) is 9.79 Å². The van der Waals surface area contributed by atoms with E-state index in [-0.39, 0.29) is 0 Å². The van der Waals surface area contributed by atoms with Crippen LogP contribution in [0.15, 0.2) is 18.5 Å². The molecule has 0 bridgehead atoms. The third-order valence-electron chi connectivity index (χ3n) is 1.39. The topological polar surface area (TPSA) is 75.4 Å². The van der Waals surface area contributed by atoms with Gasteiger partial charge in [-0.15, -0.1) is 0 Å². The minimum atomic E-state index is -4.05. The zero-order valence-corrected chi connectivity index (χ0v) is 6.85. The molecule has 0 aliphatic rings. The van der Waals surface area contributed by atoms with Crippen molar-refractivity contribution in [1.29, 1.82) is 0 Å². The summed E-state index contributed by atoms with van der Waals surface area (Å²) < 4.78 is 11.9. The number of hydrogen-bond acceptors (Lipinski definition) is 2. The SMILES string of the molecule is CC(n1cccn1)P(=O)(O)O. The molecule has 6 heteroatoms. The molecule has 1 aromatic heterocycles. The van der Waals surface area contributed by atoms with E-state index >= 15 is 0 Å². The first-order valence-electron chi connectivity index (χ1n) is 3.06. The second kappa shape index (κ2) is 2.77. The number of hydrogen-bond donors (Lipinski definition) is 2. The van der Waals surface area contributed by atoms with Gasteiger partial charge >= 0.3 is 7.60 Å². The first kappa shape index (κ1) is 8.46. The van der Waals surface area contributed by atoms with Gasteiger partial charge in [0.2, 0.25) is 0 Å². The van der Waals surface area contributed by atoms with Gasteiger partial charge in [-0.25, -0.2) is 0 Å². The van der Waals surface area contributed by atoms with Crippen LogP contribution < -0.4 is 0 Å². The van der Waals surface area contributed by atoms with Crippen LogP contribution in [0.1, 0.15) is 12.7 Å². The molecule has 0 radical (unpaired) electrons. The summed E-state index contributed by atoms with van der Waals surface area (Å²) in [7, 11) is -4.05. The largest absolute Gasteiger partial charge is 0.349 e. The molecule has 62 valence electrons.